The van der Waals surface area contributed by atoms with E-state index in [9.17, 15) is 9.59 Å². The number of likely N-dealkylation sites (tertiary alicyclic amines) is 1. The number of hydrogen-bond acceptors (Lipinski definition) is 7. The zero-order valence-electron chi connectivity index (χ0n) is 24.4. The van der Waals surface area contributed by atoms with Gasteiger partial charge in [-0.25, -0.2) is 9.78 Å². The Hall–Kier alpha value is -2.78. The SMILES string of the molecule is C=CCNC(=O)OC(C)(C)C.CC(=O)c1cc(-c2cc(NC3CCN(C(C)C)CC3)ncc2C)c[nH]1.CS. The van der Waals surface area contributed by atoms with Gasteiger partial charge in [0, 0.05) is 56.6 Å². The Morgan fingerprint density at radius 1 is 1.26 bits per heavy atom. The van der Waals surface area contributed by atoms with Crippen LogP contribution in [0.4, 0.5) is 10.6 Å². The van der Waals surface area contributed by atoms with E-state index < -0.39 is 11.7 Å². The summed E-state index contributed by atoms with van der Waals surface area (Å²) in [6.45, 7) is 19.8. The molecule has 212 valence electrons. The predicted octanol–water partition coefficient (Wildman–Crippen LogP) is 6.12. The number of anilines is 1. The number of nitrogens with zero attached hydrogens (tertiary/aromatic N) is 2. The molecule has 3 heterocycles. The number of Topliss-reactive ketones (excluding diaryl/α,β-unsaturated/α-hetero) is 1. The summed E-state index contributed by atoms with van der Waals surface area (Å²) in [5.74, 6) is 0.961. The van der Waals surface area contributed by atoms with Crippen molar-refractivity contribution in [1.29, 1.82) is 0 Å². The van der Waals surface area contributed by atoms with Crippen molar-refractivity contribution in [3.63, 3.8) is 0 Å². The number of H-pyrrole nitrogens is 1. The van der Waals surface area contributed by atoms with Gasteiger partial charge >= 0.3 is 6.09 Å². The van der Waals surface area contributed by atoms with E-state index in [1.54, 1.807) is 19.3 Å². The van der Waals surface area contributed by atoms with E-state index in [0.29, 0.717) is 24.3 Å². The van der Waals surface area contributed by atoms with Gasteiger partial charge in [-0.15, -0.1) is 6.58 Å². The van der Waals surface area contributed by atoms with Crippen LogP contribution in [0.1, 0.15) is 70.4 Å². The monoisotopic (exact) mass is 545 g/mol. The van der Waals surface area contributed by atoms with Gasteiger partial charge in [-0.3, -0.25) is 4.79 Å². The maximum absolute atomic E-state index is 11.5. The molecule has 0 unspecified atom stereocenters. The van der Waals surface area contributed by atoms with E-state index in [4.69, 9.17) is 4.74 Å². The van der Waals surface area contributed by atoms with Gasteiger partial charge in [0.25, 0.3) is 0 Å². The number of thiol groups is 1. The fourth-order valence-electron chi connectivity index (χ4n) is 3.91. The molecule has 1 fully saturated rings. The molecule has 1 aliphatic heterocycles. The zero-order valence-corrected chi connectivity index (χ0v) is 25.2. The number of rotatable bonds is 7. The number of aromatic amines is 1. The third kappa shape index (κ3) is 11.7. The molecule has 0 saturated carbocycles. The maximum atomic E-state index is 11.5. The molecular weight excluding hydrogens is 498 g/mol. The van der Waals surface area contributed by atoms with Crippen molar-refractivity contribution in [2.24, 2.45) is 0 Å². The average Bonchev–Trinajstić information content (AvgIpc) is 3.35. The van der Waals surface area contributed by atoms with Gasteiger partial charge in [-0.2, -0.15) is 12.6 Å². The highest BCUT2D eigenvalue weighted by atomic mass is 32.1. The lowest BCUT2D eigenvalue weighted by atomic mass is 10.0. The molecule has 0 aliphatic carbocycles. The molecule has 3 rings (SSSR count). The molecule has 2 aromatic heterocycles. The Morgan fingerprint density at radius 2 is 1.89 bits per heavy atom. The number of nitrogens with one attached hydrogen (secondary N) is 3. The van der Waals surface area contributed by atoms with Gasteiger partial charge in [0.1, 0.15) is 11.4 Å². The molecule has 0 bridgehead atoms. The molecule has 9 heteroatoms. The summed E-state index contributed by atoms with van der Waals surface area (Å²) in [5.41, 5.74) is 3.46. The lowest BCUT2D eigenvalue weighted by Gasteiger charge is -2.35. The summed E-state index contributed by atoms with van der Waals surface area (Å²) >= 11 is 3.53. The highest BCUT2D eigenvalue weighted by molar-refractivity contribution is 7.79. The van der Waals surface area contributed by atoms with Crippen LogP contribution in [0.2, 0.25) is 0 Å². The summed E-state index contributed by atoms with van der Waals surface area (Å²) in [6.07, 6.45) is 8.97. The van der Waals surface area contributed by atoms with Crippen molar-refractivity contribution >= 4 is 30.3 Å². The van der Waals surface area contributed by atoms with E-state index in [1.807, 2.05) is 46.2 Å². The van der Waals surface area contributed by atoms with E-state index in [1.165, 1.54) is 0 Å². The van der Waals surface area contributed by atoms with Crippen LogP contribution in [0.25, 0.3) is 11.1 Å². The summed E-state index contributed by atoms with van der Waals surface area (Å²) in [6, 6.07) is 5.10. The van der Waals surface area contributed by atoms with Crippen LogP contribution in [0.3, 0.4) is 0 Å². The Balaban J connectivity index is 0.000000470. The van der Waals surface area contributed by atoms with Gasteiger partial charge < -0.3 is 25.3 Å². The fourth-order valence-corrected chi connectivity index (χ4v) is 3.91. The van der Waals surface area contributed by atoms with Gasteiger partial charge in [0.15, 0.2) is 5.78 Å². The molecule has 2 aromatic rings. The minimum atomic E-state index is -0.425. The highest BCUT2D eigenvalue weighted by Crippen LogP contribution is 2.27. The molecule has 38 heavy (non-hydrogen) atoms. The third-order valence-corrected chi connectivity index (χ3v) is 5.88. The first-order valence-corrected chi connectivity index (χ1v) is 14.0. The van der Waals surface area contributed by atoms with Crippen LogP contribution in [0, 0.1) is 6.92 Å². The van der Waals surface area contributed by atoms with Crippen LogP contribution < -0.4 is 10.6 Å². The number of aromatic nitrogens is 2. The summed E-state index contributed by atoms with van der Waals surface area (Å²) in [4.78, 5) is 32.5. The Kier molecular flexibility index (Phi) is 14.2. The first-order chi connectivity index (χ1) is 17.9. The van der Waals surface area contributed by atoms with E-state index >= 15 is 0 Å². The van der Waals surface area contributed by atoms with Crippen LogP contribution in [-0.2, 0) is 4.74 Å². The molecule has 1 amide bonds. The minimum absolute atomic E-state index is 0.0493. The number of carbonyl (C=O) groups is 2. The largest absolute Gasteiger partial charge is 0.444 e. The quantitative estimate of drug-likeness (QED) is 0.190. The lowest BCUT2D eigenvalue weighted by Crippen LogP contribution is -2.42. The first kappa shape index (κ1) is 33.2. The van der Waals surface area contributed by atoms with Crippen molar-refractivity contribution in [3.05, 3.63) is 48.4 Å². The number of hydrogen-bond donors (Lipinski definition) is 4. The number of ether oxygens (including phenoxy) is 1. The van der Waals surface area contributed by atoms with Crippen molar-refractivity contribution in [1.82, 2.24) is 20.2 Å². The van der Waals surface area contributed by atoms with E-state index in [-0.39, 0.29) is 5.78 Å². The van der Waals surface area contributed by atoms with Crippen LogP contribution in [0.15, 0.2) is 37.2 Å². The molecular formula is C29H47N5O3S. The second-order valence-electron chi connectivity index (χ2n) is 10.5. The van der Waals surface area contributed by atoms with Gasteiger partial charge in [0.05, 0.1) is 5.69 Å². The van der Waals surface area contributed by atoms with E-state index in [0.717, 1.165) is 48.4 Å². The molecule has 0 radical (unpaired) electrons. The Bertz CT molecular complexity index is 1020. The maximum Gasteiger partial charge on any atom is 0.407 e. The molecule has 0 aromatic carbocycles. The zero-order chi connectivity index (χ0) is 28.9. The predicted molar refractivity (Wildman–Crippen MR) is 161 cm³/mol. The second-order valence-corrected chi connectivity index (χ2v) is 10.5. The van der Waals surface area contributed by atoms with Crippen molar-refractivity contribution < 1.29 is 14.3 Å². The number of carbonyl (C=O) groups excluding carboxylic acids is 2. The van der Waals surface area contributed by atoms with Crippen molar-refractivity contribution in [2.75, 3.05) is 31.2 Å². The number of amides is 1. The van der Waals surface area contributed by atoms with Crippen LogP contribution in [0.5, 0.6) is 0 Å². The number of pyridine rings is 1. The number of alkyl carbamates (subject to hydrolysis) is 1. The highest BCUT2D eigenvalue weighted by Gasteiger charge is 2.21. The standard InChI is InChI=1S/C20H28N4O.C8H15NO2.CH4S/c1-13(2)24-7-5-17(6-8-24)23-20-10-18(14(3)11-22-20)16-9-19(15(4)25)21-12-16;1-5-6-9-7(10)11-8(2,3)4;1-2/h9-13,17,21H,5-8H2,1-4H3,(H,22,23);5H,1,6H2,2-4H3,(H,9,10);2H,1H3. The Morgan fingerprint density at radius 3 is 2.39 bits per heavy atom. The van der Waals surface area contributed by atoms with Crippen LogP contribution in [-0.4, -0.2) is 70.3 Å². The first-order valence-electron chi connectivity index (χ1n) is 13.1. The lowest BCUT2D eigenvalue weighted by molar-refractivity contribution is 0.0534. The molecule has 8 nitrogen and oxygen atoms in total. The molecule has 1 saturated heterocycles. The Labute approximate surface area is 234 Å². The molecule has 0 atom stereocenters. The fraction of sp³-hybridized carbons (Fsp3) is 0.552. The van der Waals surface area contributed by atoms with Crippen molar-refractivity contribution in [3.8, 4) is 11.1 Å². The summed E-state index contributed by atoms with van der Waals surface area (Å²) in [5, 5.41) is 6.10. The van der Waals surface area contributed by atoms with Crippen LogP contribution >= 0.6 is 12.6 Å². The minimum Gasteiger partial charge on any atom is -0.444 e. The normalized spacial score (nSPS) is 13.9. The second kappa shape index (κ2) is 16.2. The van der Waals surface area contributed by atoms with E-state index in [2.05, 4.69) is 64.6 Å². The van der Waals surface area contributed by atoms with Crippen molar-refractivity contribution in [2.45, 2.75) is 79.0 Å². The van der Waals surface area contributed by atoms with Gasteiger partial charge in [-0.05, 0) is 83.9 Å². The number of ketones is 1. The molecule has 1 aliphatic rings. The third-order valence-electron chi connectivity index (χ3n) is 5.88. The topological polar surface area (TPSA) is 99.3 Å². The van der Waals surface area contributed by atoms with Gasteiger partial charge in [0.2, 0.25) is 0 Å². The number of aryl methyl sites for hydroxylation is 1. The summed E-state index contributed by atoms with van der Waals surface area (Å²) < 4.78 is 4.94. The molecule has 3 N–H and O–H groups in total. The smallest absolute Gasteiger partial charge is 0.407 e. The average molecular weight is 546 g/mol. The molecule has 0 spiro atoms. The van der Waals surface area contributed by atoms with Gasteiger partial charge in [-0.1, -0.05) is 6.08 Å². The number of piperidine rings is 1. The summed E-state index contributed by atoms with van der Waals surface area (Å²) in [7, 11) is 0.